The number of halogens is 1. The van der Waals surface area contributed by atoms with Crippen LogP contribution in [-0.2, 0) is 0 Å². The Balaban J connectivity index is 0. The number of aryl methyl sites for hydroxylation is 1. The van der Waals surface area contributed by atoms with Crippen LogP contribution in [0.1, 0.15) is 12.6 Å². The summed E-state index contributed by atoms with van der Waals surface area (Å²) in [5.74, 6) is 0.299. The van der Waals surface area contributed by atoms with Gasteiger partial charge in [0.15, 0.2) is 0 Å². The maximum absolute atomic E-state index is 9.30. The Morgan fingerprint density at radius 3 is 2.36 bits per heavy atom. The average Bonchev–Trinajstić information content (AvgIpc) is 1.93. The van der Waals surface area contributed by atoms with Crippen molar-refractivity contribution < 1.29 is 36.1 Å². The van der Waals surface area contributed by atoms with Crippen molar-refractivity contribution in [3.8, 4) is 5.75 Å². The molecule has 0 saturated heterocycles. The minimum absolute atomic E-state index is 0. The Kier molecular flexibility index (Phi) is 4.49. The van der Waals surface area contributed by atoms with Gasteiger partial charge in [0.05, 0.1) is 0 Å². The first-order valence-corrected chi connectivity index (χ1v) is 3.45. The van der Waals surface area contributed by atoms with Crippen LogP contribution < -0.4 is 29.6 Å². The van der Waals surface area contributed by atoms with E-state index >= 15 is 0 Å². The van der Waals surface area contributed by atoms with Gasteiger partial charge in [-0.15, -0.1) is 0 Å². The molecule has 1 aromatic rings. The van der Waals surface area contributed by atoms with E-state index in [2.05, 4.69) is 0 Å². The van der Waals surface area contributed by atoms with Gasteiger partial charge in [-0.3, -0.25) is 0 Å². The first kappa shape index (κ1) is 11.3. The molecule has 0 aliphatic carbocycles. The van der Waals surface area contributed by atoms with Gasteiger partial charge >= 0.3 is 29.6 Å². The fourth-order valence-corrected chi connectivity index (χ4v) is 0.963. The molecule has 0 atom stereocenters. The summed E-state index contributed by atoms with van der Waals surface area (Å²) < 4.78 is 0. The summed E-state index contributed by atoms with van der Waals surface area (Å²) in [6, 6.07) is 3.58. The van der Waals surface area contributed by atoms with Crippen LogP contribution in [0.15, 0.2) is 12.1 Å². The number of phenols is 1. The van der Waals surface area contributed by atoms with Crippen molar-refractivity contribution in [3.05, 3.63) is 28.3 Å². The summed E-state index contributed by atoms with van der Waals surface area (Å²) in [7, 11) is 0. The quantitative estimate of drug-likeness (QED) is 0.548. The Bertz CT molecular complexity index is 238. The largest absolute Gasteiger partial charge is 1.00 e. The molecule has 0 aliphatic heterocycles. The fourth-order valence-electron chi connectivity index (χ4n) is 0.811. The van der Waals surface area contributed by atoms with E-state index in [0.717, 1.165) is 11.1 Å². The molecule has 0 bridgehead atoms. The molecule has 1 N–H and O–H groups in total. The van der Waals surface area contributed by atoms with Crippen LogP contribution >= 0.6 is 11.6 Å². The third kappa shape index (κ3) is 2.38. The molecular formula is C8H10ClNaO. The van der Waals surface area contributed by atoms with E-state index < -0.39 is 0 Å². The molecule has 0 unspecified atom stereocenters. The third-order valence-corrected chi connectivity index (χ3v) is 1.98. The van der Waals surface area contributed by atoms with Crippen molar-refractivity contribution in [2.45, 2.75) is 13.8 Å². The van der Waals surface area contributed by atoms with Crippen molar-refractivity contribution in [1.29, 1.82) is 0 Å². The zero-order chi connectivity index (χ0) is 7.72. The predicted molar refractivity (Wildman–Crippen MR) is 43.7 cm³/mol. The summed E-state index contributed by atoms with van der Waals surface area (Å²) in [4.78, 5) is 0. The minimum Gasteiger partial charge on any atom is -1.00 e. The van der Waals surface area contributed by atoms with E-state index in [1.54, 1.807) is 19.1 Å². The molecule has 0 aromatic heterocycles. The van der Waals surface area contributed by atoms with Crippen LogP contribution in [0.3, 0.4) is 0 Å². The molecule has 0 spiro atoms. The van der Waals surface area contributed by atoms with Gasteiger partial charge in [-0.05, 0) is 25.5 Å². The van der Waals surface area contributed by atoms with Crippen LogP contribution in [0.2, 0.25) is 5.02 Å². The Labute approximate surface area is 95.2 Å². The van der Waals surface area contributed by atoms with Gasteiger partial charge in [-0.1, -0.05) is 17.7 Å². The third-order valence-electron chi connectivity index (χ3n) is 1.57. The number of hydrogen-bond acceptors (Lipinski definition) is 1. The first-order chi connectivity index (χ1) is 4.63. The molecule has 0 heterocycles. The number of benzene rings is 1. The molecule has 3 heteroatoms. The Hall–Kier alpha value is 0.310. The van der Waals surface area contributed by atoms with Crippen molar-refractivity contribution in [1.82, 2.24) is 0 Å². The van der Waals surface area contributed by atoms with Crippen LogP contribution in [0, 0.1) is 13.8 Å². The van der Waals surface area contributed by atoms with Crippen LogP contribution in [-0.4, -0.2) is 5.11 Å². The second-order valence-corrected chi connectivity index (χ2v) is 2.75. The molecule has 0 aliphatic rings. The average molecular weight is 181 g/mol. The summed E-state index contributed by atoms with van der Waals surface area (Å²) in [5.41, 5.74) is 1.61. The van der Waals surface area contributed by atoms with Crippen molar-refractivity contribution in [3.63, 3.8) is 0 Å². The van der Waals surface area contributed by atoms with E-state index in [1.807, 2.05) is 6.92 Å². The summed E-state index contributed by atoms with van der Waals surface area (Å²) in [6.45, 7) is 3.64. The maximum Gasteiger partial charge on any atom is 1.00 e. The predicted octanol–water partition coefficient (Wildman–Crippen LogP) is -0.221. The minimum atomic E-state index is 0. The standard InChI is InChI=1S/C8H9ClO.Na.H/c1-5-3-4-7(9)6(2)8(5)10;;/h3-4,10H,1-2H3;;/q;+1;-1. The van der Waals surface area contributed by atoms with E-state index in [9.17, 15) is 5.11 Å². The van der Waals surface area contributed by atoms with Crippen LogP contribution in [0.5, 0.6) is 5.75 Å². The van der Waals surface area contributed by atoms with E-state index in [0.29, 0.717) is 10.8 Å². The Morgan fingerprint density at radius 1 is 1.36 bits per heavy atom. The molecule has 0 fully saturated rings. The van der Waals surface area contributed by atoms with Gasteiger partial charge < -0.3 is 6.53 Å². The van der Waals surface area contributed by atoms with Gasteiger partial charge in [-0.2, -0.15) is 0 Å². The first-order valence-electron chi connectivity index (χ1n) is 3.07. The van der Waals surface area contributed by atoms with Gasteiger partial charge in [0.2, 0.25) is 0 Å². The number of phenolic OH excluding ortho intramolecular Hbond substituents is 1. The number of rotatable bonds is 0. The zero-order valence-electron chi connectivity index (χ0n) is 7.98. The van der Waals surface area contributed by atoms with Crippen LogP contribution in [0.4, 0.5) is 0 Å². The number of aromatic hydroxyl groups is 1. The summed E-state index contributed by atoms with van der Waals surface area (Å²) in [6.07, 6.45) is 0. The van der Waals surface area contributed by atoms with Gasteiger partial charge in [0.1, 0.15) is 5.75 Å². The van der Waals surface area contributed by atoms with E-state index in [-0.39, 0.29) is 31.0 Å². The van der Waals surface area contributed by atoms with Crippen molar-refractivity contribution in [2.75, 3.05) is 0 Å². The van der Waals surface area contributed by atoms with Gasteiger partial charge in [0, 0.05) is 10.6 Å². The van der Waals surface area contributed by atoms with E-state index in [1.165, 1.54) is 0 Å². The SMILES string of the molecule is Cc1ccc(Cl)c(C)c1O.[H-].[Na+]. The number of hydrogen-bond donors (Lipinski definition) is 1. The monoisotopic (exact) mass is 180 g/mol. The topological polar surface area (TPSA) is 20.2 Å². The zero-order valence-corrected chi connectivity index (χ0v) is 9.74. The normalized spacial score (nSPS) is 9.00. The molecule has 11 heavy (non-hydrogen) atoms. The molecule has 1 rings (SSSR count). The van der Waals surface area contributed by atoms with Gasteiger partial charge in [0.25, 0.3) is 0 Å². The molecular weight excluding hydrogens is 171 g/mol. The Morgan fingerprint density at radius 2 is 1.91 bits per heavy atom. The second kappa shape index (κ2) is 4.36. The van der Waals surface area contributed by atoms with Crippen LogP contribution in [0.25, 0.3) is 0 Å². The fraction of sp³-hybridized carbons (Fsp3) is 0.250. The van der Waals surface area contributed by atoms with E-state index in [4.69, 9.17) is 11.6 Å². The molecule has 1 aromatic carbocycles. The molecule has 0 amide bonds. The van der Waals surface area contributed by atoms with Crippen molar-refractivity contribution >= 4 is 11.6 Å². The molecule has 0 radical (unpaired) electrons. The summed E-state index contributed by atoms with van der Waals surface area (Å²) in [5, 5.41) is 9.92. The smallest absolute Gasteiger partial charge is 1.00 e. The molecule has 56 valence electrons. The van der Waals surface area contributed by atoms with Crippen molar-refractivity contribution in [2.24, 2.45) is 0 Å². The molecule has 0 saturated carbocycles. The second-order valence-electron chi connectivity index (χ2n) is 2.34. The summed E-state index contributed by atoms with van der Waals surface area (Å²) >= 11 is 5.73. The maximum atomic E-state index is 9.30. The molecule has 1 nitrogen and oxygen atoms in total. The van der Waals surface area contributed by atoms with Gasteiger partial charge in [-0.25, -0.2) is 0 Å².